The number of rotatable bonds is 4. The van der Waals surface area contributed by atoms with Gasteiger partial charge in [0.25, 0.3) is 0 Å². The molecule has 0 amide bonds. The van der Waals surface area contributed by atoms with Crippen LogP contribution in [0.5, 0.6) is 0 Å². The summed E-state index contributed by atoms with van der Waals surface area (Å²) in [4.78, 5) is 2.53. The molecule has 3 rings (SSSR count). The van der Waals surface area contributed by atoms with Crippen LogP contribution >= 0.6 is 0 Å². The normalized spacial score (nSPS) is 28.8. The van der Waals surface area contributed by atoms with Crippen LogP contribution in [0.4, 0.5) is 0 Å². The SMILES string of the molecule is CNCc1cc(CN2CC3CCCC3C2)on1. The van der Waals surface area contributed by atoms with E-state index in [0.717, 1.165) is 36.4 Å². The molecule has 1 aromatic heterocycles. The molecule has 2 fully saturated rings. The first-order chi connectivity index (χ1) is 8.35. The molecule has 4 heteroatoms. The summed E-state index contributed by atoms with van der Waals surface area (Å²) in [7, 11) is 1.93. The Labute approximate surface area is 102 Å². The Morgan fingerprint density at radius 1 is 1.41 bits per heavy atom. The number of nitrogens with zero attached hydrogens (tertiary/aromatic N) is 2. The molecule has 1 aromatic rings. The molecule has 0 radical (unpaired) electrons. The highest BCUT2D eigenvalue weighted by molar-refractivity contribution is 5.05. The van der Waals surface area contributed by atoms with Gasteiger partial charge in [0.1, 0.15) is 0 Å². The van der Waals surface area contributed by atoms with Crippen molar-refractivity contribution in [3.8, 4) is 0 Å². The van der Waals surface area contributed by atoms with Crippen molar-refractivity contribution in [3.63, 3.8) is 0 Å². The van der Waals surface area contributed by atoms with Crippen LogP contribution in [0.2, 0.25) is 0 Å². The lowest BCUT2D eigenvalue weighted by molar-refractivity contribution is 0.257. The van der Waals surface area contributed by atoms with Crippen molar-refractivity contribution in [1.82, 2.24) is 15.4 Å². The Bertz CT molecular complexity index is 364. The van der Waals surface area contributed by atoms with Gasteiger partial charge in [0.2, 0.25) is 0 Å². The van der Waals surface area contributed by atoms with Gasteiger partial charge in [-0.15, -0.1) is 0 Å². The van der Waals surface area contributed by atoms with Gasteiger partial charge in [-0.1, -0.05) is 11.6 Å². The molecule has 0 spiro atoms. The van der Waals surface area contributed by atoms with Crippen LogP contribution in [-0.2, 0) is 13.1 Å². The molecule has 17 heavy (non-hydrogen) atoms. The molecule has 2 atom stereocenters. The third-order valence-electron chi connectivity index (χ3n) is 4.15. The van der Waals surface area contributed by atoms with Crippen molar-refractivity contribution in [2.75, 3.05) is 20.1 Å². The van der Waals surface area contributed by atoms with E-state index in [2.05, 4.69) is 21.4 Å². The second kappa shape index (κ2) is 4.78. The molecule has 1 saturated heterocycles. The van der Waals surface area contributed by atoms with Gasteiger partial charge < -0.3 is 9.84 Å². The van der Waals surface area contributed by atoms with Gasteiger partial charge in [-0.3, -0.25) is 4.90 Å². The fraction of sp³-hybridized carbons (Fsp3) is 0.769. The average molecular weight is 235 g/mol. The van der Waals surface area contributed by atoms with E-state index in [-0.39, 0.29) is 0 Å². The molecule has 1 N–H and O–H groups in total. The van der Waals surface area contributed by atoms with Gasteiger partial charge in [-0.25, -0.2) is 0 Å². The summed E-state index contributed by atoms with van der Waals surface area (Å²) in [5.74, 6) is 2.92. The van der Waals surface area contributed by atoms with E-state index in [4.69, 9.17) is 4.52 Å². The van der Waals surface area contributed by atoms with Crippen LogP contribution < -0.4 is 5.32 Å². The molecule has 4 nitrogen and oxygen atoms in total. The Morgan fingerprint density at radius 3 is 2.88 bits per heavy atom. The van der Waals surface area contributed by atoms with Gasteiger partial charge in [0.05, 0.1) is 12.2 Å². The van der Waals surface area contributed by atoms with E-state index < -0.39 is 0 Å². The van der Waals surface area contributed by atoms with Crippen LogP contribution in [0.3, 0.4) is 0 Å². The van der Waals surface area contributed by atoms with E-state index in [1.165, 1.54) is 32.4 Å². The summed E-state index contributed by atoms with van der Waals surface area (Å²) in [5.41, 5.74) is 1.00. The number of aromatic nitrogens is 1. The summed E-state index contributed by atoms with van der Waals surface area (Å²) in [6.07, 6.45) is 4.31. The first-order valence-electron chi connectivity index (χ1n) is 6.66. The Morgan fingerprint density at radius 2 is 2.18 bits per heavy atom. The minimum atomic E-state index is 0.786. The Kier molecular flexibility index (Phi) is 3.16. The highest BCUT2D eigenvalue weighted by atomic mass is 16.5. The van der Waals surface area contributed by atoms with Crippen LogP contribution in [0.15, 0.2) is 10.6 Å². The van der Waals surface area contributed by atoms with Crippen molar-refractivity contribution >= 4 is 0 Å². The van der Waals surface area contributed by atoms with Gasteiger partial charge >= 0.3 is 0 Å². The second-order valence-corrected chi connectivity index (χ2v) is 5.46. The summed E-state index contributed by atoms with van der Waals surface area (Å²) in [6, 6.07) is 2.07. The van der Waals surface area contributed by atoms with Gasteiger partial charge in [-0.05, 0) is 31.7 Å². The maximum atomic E-state index is 5.37. The maximum Gasteiger partial charge on any atom is 0.151 e. The number of hydrogen-bond acceptors (Lipinski definition) is 4. The lowest BCUT2D eigenvalue weighted by atomic mass is 10.0. The first-order valence-corrected chi connectivity index (χ1v) is 6.66. The first kappa shape index (κ1) is 11.2. The van der Waals surface area contributed by atoms with Crippen molar-refractivity contribution in [1.29, 1.82) is 0 Å². The molecule has 2 unspecified atom stereocenters. The molecule has 1 aliphatic carbocycles. The highest BCUT2D eigenvalue weighted by Crippen LogP contribution is 2.38. The van der Waals surface area contributed by atoms with Crippen LogP contribution in [0.25, 0.3) is 0 Å². The molecule has 0 bridgehead atoms. The smallest absolute Gasteiger partial charge is 0.151 e. The van der Waals surface area contributed by atoms with Gasteiger partial charge in [0, 0.05) is 25.7 Å². The molecule has 0 aromatic carbocycles. The minimum Gasteiger partial charge on any atom is -0.360 e. The van der Waals surface area contributed by atoms with E-state index in [1.807, 2.05) is 7.05 Å². The fourth-order valence-corrected chi connectivity index (χ4v) is 3.38. The summed E-state index contributed by atoms with van der Waals surface area (Å²) >= 11 is 0. The molecule has 2 heterocycles. The van der Waals surface area contributed by atoms with Crippen LogP contribution in [-0.4, -0.2) is 30.2 Å². The van der Waals surface area contributed by atoms with Gasteiger partial charge in [-0.2, -0.15) is 0 Å². The number of nitrogens with one attached hydrogen (secondary N) is 1. The summed E-state index contributed by atoms with van der Waals surface area (Å²) in [5, 5.41) is 7.14. The molecule has 2 aliphatic rings. The number of likely N-dealkylation sites (tertiary alicyclic amines) is 1. The quantitative estimate of drug-likeness (QED) is 0.861. The third kappa shape index (κ3) is 2.38. The standard InChI is InChI=1S/C13H21N3O/c1-14-6-12-5-13(17-15-12)9-16-7-10-3-2-4-11(10)8-16/h5,10-11,14H,2-4,6-9H2,1H3. The van der Waals surface area contributed by atoms with Gasteiger partial charge in [0.15, 0.2) is 5.76 Å². The Hall–Kier alpha value is -0.870. The summed E-state index contributed by atoms with van der Waals surface area (Å²) in [6.45, 7) is 4.23. The van der Waals surface area contributed by atoms with Crippen LogP contribution in [0, 0.1) is 11.8 Å². The topological polar surface area (TPSA) is 41.3 Å². The van der Waals surface area contributed by atoms with E-state index in [9.17, 15) is 0 Å². The summed E-state index contributed by atoms with van der Waals surface area (Å²) < 4.78 is 5.37. The van der Waals surface area contributed by atoms with Crippen molar-refractivity contribution in [2.24, 2.45) is 11.8 Å². The van der Waals surface area contributed by atoms with Crippen molar-refractivity contribution in [3.05, 3.63) is 17.5 Å². The van der Waals surface area contributed by atoms with E-state index in [0.29, 0.717) is 0 Å². The molecular weight excluding hydrogens is 214 g/mol. The lowest BCUT2D eigenvalue weighted by Crippen LogP contribution is -2.20. The van der Waals surface area contributed by atoms with Crippen molar-refractivity contribution < 1.29 is 4.52 Å². The third-order valence-corrected chi connectivity index (χ3v) is 4.15. The average Bonchev–Trinajstić information content (AvgIpc) is 2.95. The molecule has 94 valence electrons. The largest absolute Gasteiger partial charge is 0.360 e. The van der Waals surface area contributed by atoms with Crippen molar-refractivity contribution in [2.45, 2.75) is 32.4 Å². The fourth-order valence-electron chi connectivity index (χ4n) is 3.38. The second-order valence-electron chi connectivity index (χ2n) is 5.46. The molecule has 1 saturated carbocycles. The maximum absolute atomic E-state index is 5.37. The van der Waals surface area contributed by atoms with Crippen LogP contribution in [0.1, 0.15) is 30.7 Å². The lowest BCUT2D eigenvalue weighted by Gasteiger charge is -2.13. The zero-order valence-electron chi connectivity index (χ0n) is 10.5. The predicted molar refractivity (Wildman–Crippen MR) is 65.4 cm³/mol. The number of fused-ring (bicyclic) bond motifs is 1. The predicted octanol–water partition coefficient (Wildman–Crippen LogP) is 1.63. The molecular formula is C13H21N3O. The zero-order valence-corrected chi connectivity index (χ0v) is 10.5. The monoisotopic (exact) mass is 235 g/mol. The minimum absolute atomic E-state index is 0.786. The molecule has 1 aliphatic heterocycles. The highest BCUT2D eigenvalue weighted by Gasteiger charge is 2.36. The van der Waals surface area contributed by atoms with E-state index in [1.54, 1.807) is 0 Å². The van der Waals surface area contributed by atoms with E-state index >= 15 is 0 Å². The zero-order chi connectivity index (χ0) is 11.7. The number of hydrogen-bond donors (Lipinski definition) is 1. The Balaban J connectivity index is 1.56.